The summed E-state index contributed by atoms with van der Waals surface area (Å²) in [4.78, 5) is 12.5. The second-order valence-corrected chi connectivity index (χ2v) is 5.73. The summed E-state index contributed by atoms with van der Waals surface area (Å²) in [7, 11) is 0. The van der Waals surface area contributed by atoms with E-state index in [0.717, 1.165) is 24.0 Å². The molecular weight excluding hydrogens is 232 g/mol. The van der Waals surface area contributed by atoms with Crippen LogP contribution in [0.4, 0.5) is 0 Å². The summed E-state index contributed by atoms with van der Waals surface area (Å²) < 4.78 is 0. The fourth-order valence-corrected chi connectivity index (χ4v) is 2.92. The number of carbonyl (C=O) groups excluding carboxylic acids is 1. The smallest absolute Gasteiger partial charge is 0.166 e. The van der Waals surface area contributed by atoms with Crippen molar-refractivity contribution in [2.24, 2.45) is 11.8 Å². The fourth-order valence-electron chi connectivity index (χ4n) is 2.75. The lowest BCUT2D eigenvalue weighted by atomic mass is 9.78. The van der Waals surface area contributed by atoms with Crippen LogP contribution in [-0.2, 0) is 0 Å². The Morgan fingerprint density at radius 3 is 2.82 bits per heavy atom. The SMILES string of the molecule is Cc1ccc(Cl)cc1C(=O)C1CCCC(C)C1. The molecule has 0 saturated heterocycles. The minimum absolute atomic E-state index is 0.205. The molecule has 0 heterocycles. The minimum atomic E-state index is 0.205. The fraction of sp³-hybridized carbons (Fsp3) is 0.533. The third-order valence-electron chi connectivity index (χ3n) is 3.77. The van der Waals surface area contributed by atoms with Gasteiger partial charge in [-0.05, 0) is 43.4 Å². The number of halogens is 1. The molecule has 0 radical (unpaired) electrons. The van der Waals surface area contributed by atoms with Crippen molar-refractivity contribution in [3.63, 3.8) is 0 Å². The lowest BCUT2D eigenvalue weighted by molar-refractivity contribution is 0.0867. The zero-order valence-corrected chi connectivity index (χ0v) is 11.3. The first-order valence-corrected chi connectivity index (χ1v) is 6.76. The molecule has 0 N–H and O–H groups in total. The van der Waals surface area contributed by atoms with Crippen molar-refractivity contribution in [2.45, 2.75) is 39.5 Å². The van der Waals surface area contributed by atoms with Crippen molar-refractivity contribution < 1.29 is 4.79 Å². The zero-order chi connectivity index (χ0) is 12.4. The highest BCUT2D eigenvalue weighted by atomic mass is 35.5. The molecule has 2 unspecified atom stereocenters. The Bertz CT molecular complexity index is 425. The first-order chi connectivity index (χ1) is 8.08. The molecule has 0 spiro atoms. The molecule has 92 valence electrons. The molecule has 1 aromatic rings. The average Bonchev–Trinajstić information content (AvgIpc) is 2.31. The molecular formula is C15H19ClO. The first kappa shape index (κ1) is 12.6. The van der Waals surface area contributed by atoms with Crippen LogP contribution in [0.2, 0.25) is 5.02 Å². The Labute approximate surface area is 108 Å². The largest absolute Gasteiger partial charge is 0.294 e. The topological polar surface area (TPSA) is 17.1 Å². The van der Waals surface area contributed by atoms with E-state index >= 15 is 0 Å². The molecule has 2 heteroatoms. The Morgan fingerprint density at radius 1 is 1.35 bits per heavy atom. The van der Waals surface area contributed by atoms with E-state index in [9.17, 15) is 4.79 Å². The molecule has 17 heavy (non-hydrogen) atoms. The molecule has 2 atom stereocenters. The molecule has 1 aromatic carbocycles. The maximum Gasteiger partial charge on any atom is 0.166 e. The van der Waals surface area contributed by atoms with Crippen LogP contribution in [0, 0.1) is 18.8 Å². The van der Waals surface area contributed by atoms with Crippen LogP contribution in [-0.4, -0.2) is 5.78 Å². The van der Waals surface area contributed by atoms with Crippen LogP contribution in [0.15, 0.2) is 18.2 Å². The van der Waals surface area contributed by atoms with Gasteiger partial charge in [0.1, 0.15) is 0 Å². The normalized spacial score (nSPS) is 24.6. The lowest BCUT2D eigenvalue weighted by Gasteiger charge is -2.26. The van der Waals surface area contributed by atoms with Gasteiger partial charge in [0.15, 0.2) is 5.78 Å². The number of hydrogen-bond acceptors (Lipinski definition) is 1. The maximum absolute atomic E-state index is 12.5. The van der Waals surface area contributed by atoms with E-state index in [-0.39, 0.29) is 11.7 Å². The lowest BCUT2D eigenvalue weighted by Crippen LogP contribution is -2.22. The molecule has 1 aliphatic rings. The van der Waals surface area contributed by atoms with Crippen molar-refractivity contribution in [1.29, 1.82) is 0 Å². The van der Waals surface area contributed by atoms with Crippen molar-refractivity contribution >= 4 is 17.4 Å². The molecule has 0 aromatic heterocycles. The Hall–Kier alpha value is -0.820. The third kappa shape index (κ3) is 2.90. The molecule has 2 rings (SSSR count). The minimum Gasteiger partial charge on any atom is -0.294 e. The summed E-state index contributed by atoms with van der Waals surface area (Å²) in [5, 5.41) is 0.655. The number of rotatable bonds is 2. The van der Waals surface area contributed by atoms with Gasteiger partial charge in [0, 0.05) is 16.5 Å². The van der Waals surface area contributed by atoms with Gasteiger partial charge >= 0.3 is 0 Å². The van der Waals surface area contributed by atoms with Crippen LogP contribution in [0.5, 0.6) is 0 Å². The van der Waals surface area contributed by atoms with Gasteiger partial charge in [-0.2, -0.15) is 0 Å². The zero-order valence-electron chi connectivity index (χ0n) is 10.5. The third-order valence-corrected chi connectivity index (χ3v) is 4.01. The summed E-state index contributed by atoms with van der Waals surface area (Å²) in [6, 6.07) is 5.59. The standard InChI is InChI=1S/C15H19ClO/c1-10-4-3-5-12(8-10)15(17)14-9-13(16)7-6-11(14)2/h6-7,9-10,12H,3-5,8H2,1-2H3. The van der Waals surface area contributed by atoms with Gasteiger partial charge < -0.3 is 0 Å². The van der Waals surface area contributed by atoms with E-state index < -0.39 is 0 Å². The van der Waals surface area contributed by atoms with E-state index in [1.165, 1.54) is 12.8 Å². The van der Waals surface area contributed by atoms with Gasteiger partial charge in [0.25, 0.3) is 0 Å². The summed E-state index contributed by atoms with van der Waals surface area (Å²) in [5.41, 5.74) is 1.86. The van der Waals surface area contributed by atoms with Crippen molar-refractivity contribution in [2.75, 3.05) is 0 Å². The van der Waals surface area contributed by atoms with Crippen LogP contribution in [0.1, 0.15) is 48.5 Å². The van der Waals surface area contributed by atoms with Gasteiger partial charge in [-0.15, -0.1) is 0 Å². The number of hydrogen-bond donors (Lipinski definition) is 0. The molecule has 1 saturated carbocycles. The number of carbonyl (C=O) groups is 1. The van der Waals surface area contributed by atoms with Crippen LogP contribution < -0.4 is 0 Å². The Kier molecular flexibility index (Phi) is 3.88. The van der Waals surface area contributed by atoms with Gasteiger partial charge in [-0.25, -0.2) is 0 Å². The number of Topliss-reactive ketones (excluding diaryl/α,β-unsaturated/α-hetero) is 1. The van der Waals surface area contributed by atoms with E-state index in [2.05, 4.69) is 6.92 Å². The van der Waals surface area contributed by atoms with E-state index in [4.69, 9.17) is 11.6 Å². The molecule has 1 aliphatic carbocycles. The van der Waals surface area contributed by atoms with Crippen LogP contribution >= 0.6 is 11.6 Å². The predicted molar refractivity (Wildman–Crippen MR) is 71.6 cm³/mol. The monoisotopic (exact) mass is 250 g/mol. The maximum atomic E-state index is 12.5. The van der Waals surface area contributed by atoms with Crippen LogP contribution in [0.3, 0.4) is 0 Å². The number of ketones is 1. The molecule has 1 nitrogen and oxygen atoms in total. The molecule has 0 amide bonds. The first-order valence-electron chi connectivity index (χ1n) is 6.38. The molecule has 0 bridgehead atoms. The van der Waals surface area contributed by atoms with Gasteiger partial charge in [-0.3, -0.25) is 4.79 Å². The van der Waals surface area contributed by atoms with Gasteiger partial charge in [0.05, 0.1) is 0 Å². The highest BCUT2D eigenvalue weighted by Crippen LogP contribution is 2.32. The summed E-state index contributed by atoms with van der Waals surface area (Å²) in [6.45, 7) is 4.22. The Morgan fingerprint density at radius 2 is 2.12 bits per heavy atom. The average molecular weight is 251 g/mol. The van der Waals surface area contributed by atoms with Crippen LogP contribution in [0.25, 0.3) is 0 Å². The van der Waals surface area contributed by atoms with Crippen molar-refractivity contribution in [1.82, 2.24) is 0 Å². The molecule has 0 aliphatic heterocycles. The highest BCUT2D eigenvalue weighted by molar-refractivity contribution is 6.31. The van der Waals surface area contributed by atoms with Crippen molar-refractivity contribution in [3.8, 4) is 0 Å². The quantitative estimate of drug-likeness (QED) is 0.698. The number of aryl methyl sites for hydroxylation is 1. The van der Waals surface area contributed by atoms with E-state index in [1.807, 2.05) is 25.1 Å². The van der Waals surface area contributed by atoms with E-state index in [0.29, 0.717) is 10.9 Å². The predicted octanol–water partition coefficient (Wildman–Crippen LogP) is 4.66. The molecule has 1 fully saturated rings. The van der Waals surface area contributed by atoms with E-state index in [1.54, 1.807) is 0 Å². The second kappa shape index (κ2) is 5.22. The Balaban J connectivity index is 2.21. The van der Waals surface area contributed by atoms with Gasteiger partial charge in [0.2, 0.25) is 0 Å². The summed E-state index contributed by atoms with van der Waals surface area (Å²) in [5.74, 6) is 1.17. The highest BCUT2D eigenvalue weighted by Gasteiger charge is 2.26. The summed E-state index contributed by atoms with van der Waals surface area (Å²) in [6.07, 6.45) is 4.51. The second-order valence-electron chi connectivity index (χ2n) is 5.29. The van der Waals surface area contributed by atoms with Gasteiger partial charge in [-0.1, -0.05) is 37.4 Å². The van der Waals surface area contributed by atoms with Crippen molar-refractivity contribution in [3.05, 3.63) is 34.3 Å². The summed E-state index contributed by atoms with van der Waals surface area (Å²) >= 11 is 5.98. The number of benzene rings is 1.